The molecule has 1 N–H and O–H groups in total. The highest BCUT2D eigenvalue weighted by Crippen LogP contribution is 2.22. The summed E-state index contributed by atoms with van der Waals surface area (Å²) in [6, 6.07) is 11.7. The highest BCUT2D eigenvalue weighted by atomic mass is 35.5. The molecular formula is C19H19Cl2NO4. The molecule has 0 aliphatic heterocycles. The molecule has 0 aliphatic rings. The highest BCUT2D eigenvalue weighted by Gasteiger charge is 2.32. The summed E-state index contributed by atoms with van der Waals surface area (Å²) in [7, 11) is 0. The second-order valence-electron chi connectivity index (χ2n) is 6.15. The van der Waals surface area contributed by atoms with Gasteiger partial charge in [0.25, 0.3) is 5.91 Å². The normalized spacial score (nSPS) is 11.0. The number of halogens is 2. The number of nitrogens with one attached hydrogen (secondary N) is 1. The predicted molar refractivity (Wildman–Crippen MR) is 102 cm³/mol. The lowest BCUT2D eigenvalue weighted by Crippen LogP contribution is -2.41. The van der Waals surface area contributed by atoms with Crippen LogP contribution in [0.1, 0.15) is 19.4 Å². The molecule has 26 heavy (non-hydrogen) atoms. The number of hydrogen-bond donors (Lipinski definition) is 1. The quantitative estimate of drug-likeness (QED) is 0.723. The number of aryl methyl sites for hydroxylation is 1. The van der Waals surface area contributed by atoms with Gasteiger partial charge in [-0.05, 0) is 62.7 Å². The minimum absolute atomic E-state index is 0.433. The highest BCUT2D eigenvalue weighted by molar-refractivity contribution is 6.31. The molecule has 7 heteroatoms. The summed E-state index contributed by atoms with van der Waals surface area (Å²) in [6.07, 6.45) is 0. The zero-order valence-electron chi connectivity index (χ0n) is 14.6. The second-order valence-corrected chi connectivity index (χ2v) is 7.00. The Hall–Kier alpha value is -2.24. The molecular weight excluding hydrogens is 377 g/mol. The minimum Gasteiger partial charge on any atom is -0.476 e. The summed E-state index contributed by atoms with van der Waals surface area (Å²) in [5, 5.41) is 3.72. The first-order chi connectivity index (χ1) is 12.2. The van der Waals surface area contributed by atoms with Crippen molar-refractivity contribution >= 4 is 40.8 Å². The van der Waals surface area contributed by atoms with Crippen molar-refractivity contribution in [2.45, 2.75) is 26.4 Å². The van der Waals surface area contributed by atoms with Crippen LogP contribution in [0.15, 0.2) is 42.5 Å². The van der Waals surface area contributed by atoms with Crippen molar-refractivity contribution in [2.75, 3.05) is 11.9 Å². The van der Waals surface area contributed by atoms with Crippen LogP contribution < -0.4 is 10.1 Å². The van der Waals surface area contributed by atoms with Gasteiger partial charge < -0.3 is 14.8 Å². The van der Waals surface area contributed by atoms with E-state index in [-0.39, 0.29) is 0 Å². The first kappa shape index (κ1) is 20.1. The van der Waals surface area contributed by atoms with Crippen LogP contribution >= 0.6 is 23.2 Å². The van der Waals surface area contributed by atoms with Gasteiger partial charge in [-0.25, -0.2) is 4.79 Å². The largest absolute Gasteiger partial charge is 0.476 e. The van der Waals surface area contributed by atoms with Gasteiger partial charge in [-0.3, -0.25) is 4.79 Å². The van der Waals surface area contributed by atoms with E-state index in [2.05, 4.69) is 5.32 Å². The van der Waals surface area contributed by atoms with Crippen LogP contribution in [-0.2, 0) is 14.3 Å². The molecule has 0 aromatic heterocycles. The maximum Gasteiger partial charge on any atom is 0.350 e. The van der Waals surface area contributed by atoms with E-state index in [1.807, 2.05) is 6.92 Å². The van der Waals surface area contributed by atoms with Crippen LogP contribution in [0.3, 0.4) is 0 Å². The maximum absolute atomic E-state index is 12.2. The fourth-order valence-corrected chi connectivity index (χ4v) is 2.32. The van der Waals surface area contributed by atoms with Crippen molar-refractivity contribution < 1.29 is 19.1 Å². The summed E-state index contributed by atoms with van der Waals surface area (Å²) in [6.45, 7) is 4.54. The molecule has 1 amide bonds. The Morgan fingerprint density at radius 1 is 1.08 bits per heavy atom. The van der Waals surface area contributed by atoms with Gasteiger partial charge in [-0.1, -0.05) is 29.3 Å². The van der Waals surface area contributed by atoms with E-state index in [4.69, 9.17) is 32.7 Å². The van der Waals surface area contributed by atoms with Crippen molar-refractivity contribution in [1.82, 2.24) is 0 Å². The number of esters is 1. The molecule has 0 saturated carbocycles. The van der Waals surface area contributed by atoms with E-state index < -0.39 is 24.1 Å². The third-order valence-corrected chi connectivity index (χ3v) is 4.13. The van der Waals surface area contributed by atoms with E-state index in [1.54, 1.807) is 56.3 Å². The molecule has 0 bridgehead atoms. The Labute approximate surface area is 162 Å². The predicted octanol–water partition coefficient (Wildman–Crippen LogP) is 4.64. The van der Waals surface area contributed by atoms with E-state index in [1.165, 1.54) is 0 Å². The molecule has 0 spiro atoms. The van der Waals surface area contributed by atoms with Gasteiger partial charge in [0.1, 0.15) is 5.75 Å². The summed E-state index contributed by atoms with van der Waals surface area (Å²) in [5.41, 5.74) is 0.164. The number of benzene rings is 2. The maximum atomic E-state index is 12.2. The molecule has 2 aromatic rings. The van der Waals surface area contributed by atoms with E-state index >= 15 is 0 Å². The van der Waals surface area contributed by atoms with E-state index in [9.17, 15) is 9.59 Å². The Morgan fingerprint density at radius 2 is 1.73 bits per heavy atom. The SMILES string of the molecule is Cc1ccc(NC(=O)COC(=O)C(C)(C)Oc2ccc(Cl)cc2)cc1Cl. The molecule has 138 valence electrons. The topological polar surface area (TPSA) is 64.6 Å². The molecule has 0 saturated heterocycles. The summed E-state index contributed by atoms with van der Waals surface area (Å²) >= 11 is 11.8. The molecule has 0 radical (unpaired) electrons. The summed E-state index contributed by atoms with van der Waals surface area (Å²) < 4.78 is 10.7. The number of hydrogen-bond acceptors (Lipinski definition) is 4. The van der Waals surface area contributed by atoms with Crippen LogP contribution in [0.25, 0.3) is 0 Å². The molecule has 0 unspecified atom stereocenters. The zero-order chi connectivity index (χ0) is 19.3. The number of rotatable bonds is 6. The Kier molecular flexibility index (Phi) is 6.51. The molecule has 0 fully saturated rings. The first-order valence-corrected chi connectivity index (χ1v) is 8.61. The number of carbonyl (C=O) groups is 2. The fourth-order valence-electron chi connectivity index (χ4n) is 2.01. The third kappa shape index (κ3) is 5.64. The second kappa shape index (κ2) is 8.43. The smallest absolute Gasteiger partial charge is 0.350 e. The standard InChI is InChI=1S/C19H19Cl2NO4/c1-12-4-7-14(10-16(12)21)22-17(23)11-25-18(24)19(2,3)26-15-8-5-13(20)6-9-15/h4-10H,11H2,1-3H3,(H,22,23). The molecule has 5 nitrogen and oxygen atoms in total. The van der Waals surface area contributed by atoms with Crippen molar-refractivity contribution in [3.63, 3.8) is 0 Å². The van der Waals surface area contributed by atoms with Crippen LogP contribution in [0.4, 0.5) is 5.69 Å². The number of ether oxygens (including phenoxy) is 2. The van der Waals surface area contributed by atoms with E-state index in [0.29, 0.717) is 21.5 Å². The lowest BCUT2D eigenvalue weighted by atomic mass is 10.1. The van der Waals surface area contributed by atoms with Crippen LogP contribution in [-0.4, -0.2) is 24.1 Å². The van der Waals surface area contributed by atoms with Crippen LogP contribution in [0.5, 0.6) is 5.75 Å². The van der Waals surface area contributed by atoms with Crippen LogP contribution in [0.2, 0.25) is 10.0 Å². The third-order valence-electron chi connectivity index (χ3n) is 3.47. The molecule has 0 heterocycles. The number of carbonyl (C=O) groups excluding carboxylic acids is 2. The minimum atomic E-state index is -1.26. The van der Waals surface area contributed by atoms with Crippen molar-refractivity contribution in [3.8, 4) is 5.75 Å². The van der Waals surface area contributed by atoms with Gasteiger partial charge in [0.2, 0.25) is 0 Å². The van der Waals surface area contributed by atoms with Gasteiger partial charge in [0, 0.05) is 15.7 Å². The molecule has 2 rings (SSSR count). The molecule has 0 atom stereocenters. The van der Waals surface area contributed by atoms with Crippen LogP contribution in [0, 0.1) is 6.92 Å². The Balaban J connectivity index is 1.88. The van der Waals surface area contributed by atoms with Gasteiger partial charge in [0.05, 0.1) is 0 Å². The van der Waals surface area contributed by atoms with Crippen molar-refractivity contribution in [1.29, 1.82) is 0 Å². The molecule has 2 aromatic carbocycles. The number of amides is 1. The van der Waals surface area contributed by atoms with Gasteiger partial charge in [-0.15, -0.1) is 0 Å². The fraction of sp³-hybridized carbons (Fsp3) is 0.263. The number of anilines is 1. The lowest BCUT2D eigenvalue weighted by Gasteiger charge is -2.24. The Morgan fingerprint density at radius 3 is 2.35 bits per heavy atom. The Bertz CT molecular complexity index is 804. The van der Waals surface area contributed by atoms with Crippen molar-refractivity contribution in [3.05, 3.63) is 58.1 Å². The van der Waals surface area contributed by atoms with Crippen molar-refractivity contribution in [2.24, 2.45) is 0 Å². The van der Waals surface area contributed by atoms with Gasteiger partial charge in [-0.2, -0.15) is 0 Å². The first-order valence-electron chi connectivity index (χ1n) is 7.85. The monoisotopic (exact) mass is 395 g/mol. The molecule has 0 aliphatic carbocycles. The van der Waals surface area contributed by atoms with Gasteiger partial charge >= 0.3 is 5.97 Å². The summed E-state index contributed by atoms with van der Waals surface area (Å²) in [5.74, 6) is -0.666. The van der Waals surface area contributed by atoms with Gasteiger partial charge in [0.15, 0.2) is 12.2 Å². The average molecular weight is 396 g/mol. The summed E-state index contributed by atoms with van der Waals surface area (Å²) in [4.78, 5) is 24.2. The zero-order valence-corrected chi connectivity index (χ0v) is 16.1. The average Bonchev–Trinajstić information content (AvgIpc) is 2.58. The van der Waals surface area contributed by atoms with E-state index in [0.717, 1.165) is 5.56 Å². The lowest BCUT2D eigenvalue weighted by molar-refractivity contribution is -0.161.